The molecular formula is C22H39IN4O2. The lowest BCUT2D eigenvalue weighted by atomic mass is 10.0. The van der Waals surface area contributed by atoms with Gasteiger partial charge in [0, 0.05) is 24.2 Å². The Morgan fingerprint density at radius 1 is 1.21 bits per heavy atom. The molecule has 2 rings (SSSR count). The van der Waals surface area contributed by atoms with Crippen molar-refractivity contribution in [3.8, 4) is 11.5 Å². The summed E-state index contributed by atoms with van der Waals surface area (Å²) in [6.07, 6.45) is 4.99. The highest BCUT2D eigenvalue weighted by Gasteiger charge is 2.22. The summed E-state index contributed by atoms with van der Waals surface area (Å²) in [5.74, 6) is 2.43. The van der Waals surface area contributed by atoms with Gasteiger partial charge < -0.3 is 25.0 Å². The molecule has 0 saturated heterocycles. The summed E-state index contributed by atoms with van der Waals surface area (Å²) in [7, 11) is 5.88. The van der Waals surface area contributed by atoms with Crippen molar-refractivity contribution in [3.05, 3.63) is 23.8 Å². The highest BCUT2D eigenvalue weighted by molar-refractivity contribution is 14.0. The van der Waals surface area contributed by atoms with E-state index in [0.29, 0.717) is 6.54 Å². The van der Waals surface area contributed by atoms with Crippen LogP contribution in [0.1, 0.15) is 52.0 Å². The minimum atomic E-state index is 0. The molecule has 0 radical (unpaired) electrons. The van der Waals surface area contributed by atoms with E-state index in [9.17, 15) is 0 Å². The molecule has 1 aromatic rings. The molecule has 0 aromatic heterocycles. The first-order valence-corrected chi connectivity index (χ1v) is 10.4. The number of aliphatic imine (C=N–C) groups is 1. The molecule has 1 aliphatic carbocycles. The second kappa shape index (κ2) is 12.5. The quantitative estimate of drug-likeness (QED) is 0.294. The molecule has 1 aliphatic rings. The SMILES string of the molecule is CCNC(=NCc1cccc(OC)c1OC1CCCC1)NCC(C)(C)N(C)C.I. The van der Waals surface area contributed by atoms with E-state index in [1.165, 1.54) is 12.8 Å². The Bertz CT molecular complexity index is 644. The second-order valence-corrected chi connectivity index (χ2v) is 8.23. The molecule has 0 unspecified atom stereocenters. The highest BCUT2D eigenvalue weighted by atomic mass is 127. The zero-order valence-electron chi connectivity index (χ0n) is 18.9. The molecule has 7 heteroatoms. The molecule has 1 aromatic carbocycles. The van der Waals surface area contributed by atoms with Crippen LogP contribution in [-0.2, 0) is 6.54 Å². The molecule has 1 saturated carbocycles. The lowest BCUT2D eigenvalue weighted by Gasteiger charge is -2.33. The zero-order valence-corrected chi connectivity index (χ0v) is 21.2. The Kier molecular flexibility index (Phi) is 11.1. The van der Waals surface area contributed by atoms with Gasteiger partial charge in [0.05, 0.1) is 19.8 Å². The van der Waals surface area contributed by atoms with Gasteiger partial charge >= 0.3 is 0 Å². The van der Waals surface area contributed by atoms with Crippen LogP contribution in [0.15, 0.2) is 23.2 Å². The molecule has 1 fully saturated rings. The van der Waals surface area contributed by atoms with Gasteiger partial charge in [0.1, 0.15) is 0 Å². The van der Waals surface area contributed by atoms with Crippen LogP contribution in [0.2, 0.25) is 0 Å². The third kappa shape index (κ3) is 7.85. The number of rotatable bonds is 9. The highest BCUT2D eigenvalue weighted by Crippen LogP contribution is 2.35. The van der Waals surface area contributed by atoms with Crippen LogP contribution in [0.3, 0.4) is 0 Å². The fraction of sp³-hybridized carbons (Fsp3) is 0.682. The molecule has 2 N–H and O–H groups in total. The van der Waals surface area contributed by atoms with E-state index in [4.69, 9.17) is 14.5 Å². The number of hydrogen-bond donors (Lipinski definition) is 2. The summed E-state index contributed by atoms with van der Waals surface area (Å²) in [6.45, 7) is 8.65. The van der Waals surface area contributed by atoms with Crippen molar-refractivity contribution in [2.45, 2.75) is 64.6 Å². The Labute approximate surface area is 193 Å². The van der Waals surface area contributed by atoms with Crippen LogP contribution in [-0.4, -0.2) is 56.8 Å². The summed E-state index contributed by atoms with van der Waals surface area (Å²) in [4.78, 5) is 7.00. The molecule has 0 bridgehead atoms. The van der Waals surface area contributed by atoms with Crippen molar-refractivity contribution in [2.75, 3.05) is 34.3 Å². The molecule has 29 heavy (non-hydrogen) atoms. The molecular weight excluding hydrogens is 479 g/mol. The van der Waals surface area contributed by atoms with Crippen LogP contribution in [0.5, 0.6) is 11.5 Å². The van der Waals surface area contributed by atoms with Gasteiger partial charge in [0.2, 0.25) is 0 Å². The maximum absolute atomic E-state index is 6.32. The van der Waals surface area contributed by atoms with Gasteiger partial charge in [0.25, 0.3) is 0 Å². The number of nitrogens with one attached hydrogen (secondary N) is 2. The number of guanidine groups is 1. The first kappa shape index (κ1) is 25.8. The van der Waals surface area contributed by atoms with Crippen molar-refractivity contribution in [1.82, 2.24) is 15.5 Å². The van der Waals surface area contributed by atoms with Gasteiger partial charge in [-0.2, -0.15) is 0 Å². The molecule has 6 nitrogen and oxygen atoms in total. The Morgan fingerprint density at radius 3 is 2.48 bits per heavy atom. The fourth-order valence-corrected chi connectivity index (χ4v) is 3.12. The number of methoxy groups -OCH3 is 1. The monoisotopic (exact) mass is 518 g/mol. The van der Waals surface area contributed by atoms with Crippen LogP contribution in [0.4, 0.5) is 0 Å². The number of hydrogen-bond acceptors (Lipinski definition) is 4. The average Bonchev–Trinajstić information content (AvgIpc) is 3.18. The molecule has 0 aliphatic heterocycles. The van der Waals surface area contributed by atoms with Crippen LogP contribution in [0.25, 0.3) is 0 Å². The Balaban J connectivity index is 0.00000420. The van der Waals surface area contributed by atoms with E-state index in [-0.39, 0.29) is 35.6 Å². The van der Waals surface area contributed by atoms with Crippen molar-refractivity contribution < 1.29 is 9.47 Å². The summed E-state index contributed by atoms with van der Waals surface area (Å²) >= 11 is 0. The zero-order chi connectivity index (χ0) is 20.6. The normalized spacial score (nSPS) is 15.2. The van der Waals surface area contributed by atoms with E-state index in [1.54, 1.807) is 7.11 Å². The minimum absolute atomic E-state index is 0. The summed E-state index contributed by atoms with van der Waals surface area (Å²) in [5, 5.41) is 6.79. The Morgan fingerprint density at radius 2 is 1.90 bits per heavy atom. The smallest absolute Gasteiger partial charge is 0.191 e. The fourth-order valence-electron chi connectivity index (χ4n) is 3.12. The van der Waals surface area contributed by atoms with Gasteiger partial charge in [-0.05, 0) is 66.6 Å². The largest absolute Gasteiger partial charge is 0.493 e. The molecule has 166 valence electrons. The number of ether oxygens (including phenoxy) is 2. The standard InChI is InChI=1S/C22H38N4O2.HI/c1-7-23-21(25-16-22(2,3)26(4)5)24-15-17-11-10-14-19(27-6)20(17)28-18-12-8-9-13-18;/h10-11,14,18H,7-9,12-13,15-16H2,1-6H3,(H2,23,24,25);1H. The first-order valence-electron chi connectivity index (χ1n) is 10.4. The number of para-hydroxylation sites is 1. The second-order valence-electron chi connectivity index (χ2n) is 8.23. The maximum Gasteiger partial charge on any atom is 0.191 e. The molecule has 0 spiro atoms. The number of likely N-dealkylation sites (N-methyl/N-ethyl adjacent to an activating group) is 1. The lowest BCUT2D eigenvalue weighted by Crippen LogP contribution is -2.50. The summed E-state index contributed by atoms with van der Waals surface area (Å²) in [5.41, 5.74) is 1.08. The van der Waals surface area contributed by atoms with Crippen LogP contribution >= 0.6 is 24.0 Å². The van der Waals surface area contributed by atoms with Crippen molar-refractivity contribution in [2.24, 2.45) is 4.99 Å². The molecule has 0 heterocycles. The number of benzene rings is 1. The average molecular weight is 518 g/mol. The van der Waals surface area contributed by atoms with Crippen LogP contribution in [0, 0.1) is 0 Å². The summed E-state index contributed by atoms with van der Waals surface area (Å²) < 4.78 is 11.9. The van der Waals surface area contributed by atoms with E-state index in [1.807, 2.05) is 12.1 Å². The van der Waals surface area contributed by atoms with Crippen LogP contribution < -0.4 is 20.1 Å². The lowest BCUT2D eigenvalue weighted by molar-refractivity contribution is 0.197. The predicted molar refractivity (Wildman–Crippen MR) is 132 cm³/mol. The molecule has 0 atom stereocenters. The van der Waals surface area contributed by atoms with E-state index >= 15 is 0 Å². The summed E-state index contributed by atoms with van der Waals surface area (Å²) in [6, 6.07) is 6.03. The third-order valence-electron chi connectivity index (χ3n) is 5.52. The van der Waals surface area contributed by atoms with Crippen molar-refractivity contribution in [3.63, 3.8) is 0 Å². The number of nitrogens with zero attached hydrogens (tertiary/aromatic N) is 2. The Hall–Kier alpha value is -1.22. The van der Waals surface area contributed by atoms with Gasteiger partial charge in [-0.1, -0.05) is 12.1 Å². The van der Waals surface area contributed by atoms with Crippen molar-refractivity contribution in [1.29, 1.82) is 0 Å². The van der Waals surface area contributed by atoms with Gasteiger partial charge in [-0.15, -0.1) is 24.0 Å². The van der Waals surface area contributed by atoms with E-state index in [2.05, 4.69) is 56.5 Å². The van der Waals surface area contributed by atoms with E-state index in [0.717, 1.165) is 49.0 Å². The first-order chi connectivity index (χ1) is 13.4. The third-order valence-corrected chi connectivity index (χ3v) is 5.52. The van der Waals surface area contributed by atoms with Crippen molar-refractivity contribution >= 4 is 29.9 Å². The predicted octanol–water partition coefficient (Wildman–Crippen LogP) is 4.03. The minimum Gasteiger partial charge on any atom is -0.493 e. The number of halogens is 1. The van der Waals surface area contributed by atoms with Gasteiger partial charge in [0.15, 0.2) is 17.5 Å². The van der Waals surface area contributed by atoms with E-state index < -0.39 is 0 Å². The molecule has 0 amide bonds. The topological polar surface area (TPSA) is 58.1 Å². The van der Waals surface area contributed by atoms with Gasteiger partial charge in [-0.25, -0.2) is 4.99 Å². The van der Waals surface area contributed by atoms with Gasteiger partial charge in [-0.3, -0.25) is 0 Å². The maximum atomic E-state index is 6.32.